The molecule has 0 aliphatic carbocycles. The highest BCUT2D eigenvalue weighted by Gasteiger charge is 2.37. The van der Waals surface area contributed by atoms with Gasteiger partial charge >= 0.3 is 5.97 Å². The molecule has 126 valence electrons. The number of rotatable bonds is 3. The molecule has 0 amide bonds. The lowest BCUT2D eigenvalue weighted by Crippen LogP contribution is -2.51. The van der Waals surface area contributed by atoms with Gasteiger partial charge in [-0.15, -0.1) is 0 Å². The Morgan fingerprint density at radius 1 is 1.22 bits per heavy atom. The first-order valence-corrected chi connectivity index (χ1v) is 9.47. The van der Waals surface area contributed by atoms with Crippen molar-refractivity contribution in [3.63, 3.8) is 0 Å². The summed E-state index contributed by atoms with van der Waals surface area (Å²) in [7, 11) is -3.88. The van der Waals surface area contributed by atoms with Crippen LogP contribution in [0.25, 0.3) is 0 Å². The van der Waals surface area contributed by atoms with E-state index in [0.29, 0.717) is 19.6 Å². The zero-order chi connectivity index (χ0) is 16.8. The SMILES string of the molecule is O=C(O)c1cc(Cl)c(Cl)c(S(=O)(=O)N2CCN3CCCC3C2)c1. The Morgan fingerprint density at radius 2 is 1.96 bits per heavy atom. The van der Waals surface area contributed by atoms with Crippen LogP contribution in [0.5, 0.6) is 0 Å². The van der Waals surface area contributed by atoms with Gasteiger partial charge in [-0.1, -0.05) is 23.2 Å². The first-order valence-electron chi connectivity index (χ1n) is 7.27. The van der Waals surface area contributed by atoms with Crippen molar-refractivity contribution in [2.75, 3.05) is 26.2 Å². The van der Waals surface area contributed by atoms with E-state index in [2.05, 4.69) is 4.90 Å². The summed E-state index contributed by atoms with van der Waals surface area (Å²) in [6.07, 6.45) is 2.04. The summed E-state index contributed by atoms with van der Waals surface area (Å²) in [6, 6.07) is 2.45. The number of benzene rings is 1. The van der Waals surface area contributed by atoms with Crippen molar-refractivity contribution < 1.29 is 18.3 Å². The minimum absolute atomic E-state index is 0.0790. The number of carboxylic acid groups (broad SMARTS) is 1. The second kappa shape index (κ2) is 6.22. The molecule has 2 aliphatic rings. The van der Waals surface area contributed by atoms with Crippen LogP contribution < -0.4 is 0 Å². The van der Waals surface area contributed by atoms with Crippen LogP contribution in [0, 0.1) is 0 Å². The second-order valence-electron chi connectivity index (χ2n) is 5.77. The topological polar surface area (TPSA) is 77.9 Å². The molecule has 1 atom stereocenters. The van der Waals surface area contributed by atoms with E-state index in [1.165, 1.54) is 4.31 Å². The van der Waals surface area contributed by atoms with Crippen molar-refractivity contribution in [2.45, 2.75) is 23.8 Å². The highest BCUT2D eigenvalue weighted by Crippen LogP contribution is 2.34. The van der Waals surface area contributed by atoms with Crippen LogP contribution in [0.2, 0.25) is 10.0 Å². The minimum atomic E-state index is -3.88. The van der Waals surface area contributed by atoms with Gasteiger partial charge < -0.3 is 5.11 Å². The number of sulfonamides is 1. The summed E-state index contributed by atoms with van der Waals surface area (Å²) >= 11 is 12.0. The number of hydrogen-bond donors (Lipinski definition) is 1. The lowest BCUT2D eigenvalue weighted by Gasteiger charge is -2.36. The lowest BCUT2D eigenvalue weighted by atomic mass is 10.2. The van der Waals surface area contributed by atoms with Crippen LogP contribution in [0.4, 0.5) is 0 Å². The molecular formula is C14H16Cl2N2O4S. The van der Waals surface area contributed by atoms with E-state index in [0.717, 1.165) is 31.5 Å². The average molecular weight is 379 g/mol. The van der Waals surface area contributed by atoms with E-state index >= 15 is 0 Å². The fourth-order valence-electron chi connectivity index (χ4n) is 3.20. The molecule has 0 aromatic heterocycles. The van der Waals surface area contributed by atoms with E-state index in [1.54, 1.807) is 0 Å². The molecule has 1 aromatic rings. The van der Waals surface area contributed by atoms with Crippen LogP contribution in [0.15, 0.2) is 17.0 Å². The molecule has 0 saturated carbocycles. The number of hydrogen-bond acceptors (Lipinski definition) is 4. The Labute approximate surface area is 144 Å². The maximum Gasteiger partial charge on any atom is 0.335 e. The van der Waals surface area contributed by atoms with Crippen molar-refractivity contribution in [1.29, 1.82) is 0 Å². The van der Waals surface area contributed by atoms with E-state index in [9.17, 15) is 13.2 Å². The number of piperazine rings is 1. The quantitative estimate of drug-likeness (QED) is 0.871. The number of carboxylic acids is 1. The standard InChI is InChI=1S/C14H16Cl2N2O4S/c15-11-6-9(14(19)20)7-12(13(11)16)23(21,22)18-5-4-17-3-1-2-10(17)8-18/h6-7,10H,1-5,8H2,(H,19,20). The fourth-order valence-corrected chi connectivity index (χ4v) is 5.45. The van der Waals surface area contributed by atoms with Gasteiger partial charge in [-0.3, -0.25) is 4.90 Å². The second-order valence-corrected chi connectivity index (χ2v) is 8.46. The molecule has 1 N–H and O–H groups in total. The third kappa shape index (κ3) is 3.08. The smallest absolute Gasteiger partial charge is 0.335 e. The van der Waals surface area contributed by atoms with Gasteiger partial charge in [0.25, 0.3) is 0 Å². The maximum atomic E-state index is 12.9. The van der Waals surface area contributed by atoms with Gasteiger partial charge in [-0.25, -0.2) is 13.2 Å². The van der Waals surface area contributed by atoms with Gasteiger partial charge in [0.1, 0.15) is 4.90 Å². The van der Waals surface area contributed by atoms with Crippen LogP contribution in [0.1, 0.15) is 23.2 Å². The highest BCUT2D eigenvalue weighted by atomic mass is 35.5. The Kier molecular flexibility index (Phi) is 4.59. The molecule has 2 aliphatic heterocycles. The number of aromatic carboxylic acids is 1. The van der Waals surface area contributed by atoms with E-state index in [4.69, 9.17) is 28.3 Å². The number of nitrogens with zero attached hydrogens (tertiary/aromatic N) is 2. The van der Waals surface area contributed by atoms with Crippen molar-refractivity contribution in [3.05, 3.63) is 27.7 Å². The molecule has 1 aromatic carbocycles. The molecule has 6 nitrogen and oxygen atoms in total. The molecule has 23 heavy (non-hydrogen) atoms. The van der Waals surface area contributed by atoms with Crippen LogP contribution in [-0.4, -0.2) is 60.9 Å². The Balaban J connectivity index is 1.98. The summed E-state index contributed by atoms with van der Waals surface area (Å²) in [4.78, 5) is 13.2. The van der Waals surface area contributed by atoms with Crippen LogP contribution in [-0.2, 0) is 10.0 Å². The third-order valence-corrected chi connectivity index (χ3v) is 7.21. The van der Waals surface area contributed by atoms with Gasteiger partial charge in [0, 0.05) is 25.7 Å². The molecule has 0 spiro atoms. The summed E-state index contributed by atoms with van der Waals surface area (Å²) in [6.45, 7) is 2.44. The number of fused-ring (bicyclic) bond motifs is 1. The molecular weight excluding hydrogens is 363 g/mol. The van der Waals surface area contributed by atoms with Crippen molar-refractivity contribution in [1.82, 2.24) is 9.21 Å². The van der Waals surface area contributed by atoms with Gasteiger partial charge in [0.15, 0.2) is 0 Å². The van der Waals surface area contributed by atoms with E-state index < -0.39 is 16.0 Å². The first kappa shape index (κ1) is 17.0. The molecule has 9 heteroatoms. The normalized spacial score (nSPS) is 23.0. The van der Waals surface area contributed by atoms with Gasteiger partial charge in [-0.2, -0.15) is 4.31 Å². The first-order chi connectivity index (χ1) is 10.8. The predicted octanol–water partition coefficient (Wildman–Crippen LogP) is 2.16. The van der Waals surface area contributed by atoms with Gasteiger partial charge in [0.2, 0.25) is 10.0 Å². The molecule has 2 heterocycles. The summed E-state index contributed by atoms with van der Waals surface area (Å²) < 4.78 is 27.2. The molecule has 3 rings (SSSR count). The maximum absolute atomic E-state index is 12.9. The summed E-state index contributed by atoms with van der Waals surface area (Å²) in [5, 5.41) is 8.89. The van der Waals surface area contributed by atoms with Crippen LogP contribution >= 0.6 is 23.2 Å². The molecule has 0 bridgehead atoms. The largest absolute Gasteiger partial charge is 0.478 e. The molecule has 2 fully saturated rings. The predicted molar refractivity (Wildman–Crippen MR) is 86.8 cm³/mol. The van der Waals surface area contributed by atoms with Crippen LogP contribution in [0.3, 0.4) is 0 Å². The lowest BCUT2D eigenvalue weighted by molar-refractivity contribution is 0.0696. The molecule has 0 radical (unpaired) electrons. The Bertz CT molecular complexity index is 753. The third-order valence-electron chi connectivity index (χ3n) is 4.41. The number of halogens is 2. The zero-order valence-electron chi connectivity index (χ0n) is 12.2. The van der Waals surface area contributed by atoms with Crippen molar-refractivity contribution in [3.8, 4) is 0 Å². The van der Waals surface area contributed by atoms with E-state index in [-0.39, 0.29) is 26.5 Å². The summed E-state index contributed by atoms with van der Waals surface area (Å²) in [5.74, 6) is -1.25. The average Bonchev–Trinajstić information content (AvgIpc) is 2.96. The monoisotopic (exact) mass is 378 g/mol. The van der Waals surface area contributed by atoms with Crippen molar-refractivity contribution in [2.24, 2.45) is 0 Å². The van der Waals surface area contributed by atoms with Crippen molar-refractivity contribution >= 4 is 39.2 Å². The van der Waals surface area contributed by atoms with Gasteiger partial charge in [0.05, 0.1) is 15.6 Å². The minimum Gasteiger partial charge on any atom is -0.478 e. The highest BCUT2D eigenvalue weighted by molar-refractivity contribution is 7.89. The fraction of sp³-hybridized carbons (Fsp3) is 0.500. The zero-order valence-corrected chi connectivity index (χ0v) is 14.5. The summed E-state index contributed by atoms with van der Waals surface area (Å²) in [5.41, 5.74) is -0.197. The van der Waals surface area contributed by atoms with Gasteiger partial charge in [-0.05, 0) is 31.5 Å². The number of carbonyl (C=O) groups is 1. The Hall–Kier alpha value is -0.860. The molecule has 2 saturated heterocycles. The van der Waals surface area contributed by atoms with E-state index in [1.807, 2.05) is 0 Å². The Morgan fingerprint density at radius 3 is 2.65 bits per heavy atom. The molecule has 1 unspecified atom stereocenters.